The molecule has 2 rings (SSSR count). The molecule has 0 spiro atoms. The molecule has 1 saturated heterocycles. The third-order valence-electron chi connectivity index (χ3n) is 2.86. The molecule has 1 fully saturated rings. The summed E-state index contributed by atoms with van der Waals surface area (Å²) in [4.78, 5) is 11.4. The number of carbonyl (C=O) groups excluding carboxylic acids is 1. The summed E-state index contributed by atoms with van der Waals surface area (Å²) in [5.41, 5.74) is 1.78. The molecule has 0 bridgehead atoms. The van der Waals surface area contributed by atoms with E-state index in [4.69, 9.17) is 11.6 Å². The number of hydrogen-bond donors (Lipinski definition) is 1. The van der Waals surface area contributed by atoms with Crippen molar-refractivity contribution in [2.75, 3.05) is 6.54 Å². The van der Waals surface area contributed by atoms with Crippen molar-refractivity contribution < 1.29 is 4.79 Å². The van der Waals surface area contributed by atoms with Gasteiger partial charge in [-0.1, -0.05) is 11.6 Å². The van der Waals surface area contributed by atoms with E-state index < -0.39 is 0 Å². The van der Waals surface area contributed by atoms with E-state index in [2.05, 4.69) is 10.4 Å². The summed E-state index contributed by atoms with van der Waals surface area (Å²) in [7, 11) is 1.86. The molecule has 1 aromatic heterocycles. The maximum atomic E-state index is 11.4. The molecule has 1 aromatic rings. The number of carbonyl (C=O) groups is 1. The lowest BCUT2D eigenvalue weighted by Crippen LogP contribution is -2.21. The van der Waals surface area contributed by atoms with Crippen LogP contribution in [0, 0.1) is 12.8 Å². The number of nitrogens with zero attached hydrogens (tertiary/aromatic N) is 2. The van der Waals surface area contributed by atoms with Gasteiger partial charge in [-0.3, -0.25) is 9.48 Å². The van der Waals surface area contributed by atoms with Crippen molar-refractivity contribution in [2.24, 2.45) is 13.0 Å². The van der Waals surface area contributed by atoms with Crippen LogP contribution in [0.1, 0.15) is 17.8 Å². The zero-order valence-corrected chi connectivity index (χ0v) is 9.64. The van der Waals surface area contributed by atoms with E-state index in [0.717, 1.165) is 24.4 Å². The average Bonchev–Trinajstić information content (AvgIpc) is 2.67. The molecule has 1 aliphatic heterocycles. The predicted octanol–water partition coefficient (Wildman–Crippen LogP) is 1.06. The summed E-state index contributed by atoms with van der Waals surface area (Å²) < 4.78 is 1.77. The molecule has 4 nitrogen and oxygen atoms in total. The Morgan fingerprint density at radius 3 is 2.87 bits per heavy atom. The van der Waals surface area contributed by atoms with Gasteiger partial charge in [-0.15, -0.1) is 0 Å². The molecule has 1 atom stereocenters. The summed E-state index contributed by atoms with van der Waals surface area (Å²) in [6, 6.07) is 0. The Labute approximate surface area is 93.6 Å². The molecule has 0 saturated carbocycles. The monoisotopic (exact) mass is 227 g/mol. The molecule has 0 aliphatic carbocycles. The molecule has 1 unspecified atom stereocenters. The first kappa shape index (κ1) is 10.5. The third kappa shape index (κ3) is 1.86. The lowest BCUT2D eigenvalue weighted by atomic mass is 10.0. The summed E-state index contributed by atoms with van der Waals surface area (Å²) in [5, 5.41) is 7.75. The number of hydrogen-bond acceptors (Lipinski definition) is 2. The van der Waals surface area contributed by atoms with Gasteiger partial charge in [0.25, 0.3) is 0 Å². The van der Waals surface area contributed by atoms with Crippen LogP contribution in [0.5, 0.6) is 0 Å². The molecular formula is C10H14ClN3O. The quantitative estimate of drug-likeness (QED) is 0.822. The van der Waals surface area contributed by atoms with Crippen LogP contribution in [-0.4, -0.2) is 22.2 Å². The minimum atomic E-state index is 0.0531. The van der Waals surface area contributed by atoms with E-state index in [0.29, 0.717) is 11.4 Å². The molecule has 5 heteroatoms. The predicted molar refractivity (Wildman–Crippen MR) is 57.8 cm³/mol. The van der Waals surface area contributed by atoms with E-state index in [1.165, 1.54) is 0 Å². The highest BCUT2D eigenvalue weighted by molar-refractivity contribution is 6.31. The molecule has 1 N–H and O–H groups in total. The molecule has 82 valence electrons. The van der Waals surface area contributed by atoms with Crippen molar-refractivity contribution in [3.8, 4) is 0 Å². The number of halogens is 1. The number of aromatic nitrogens is 2. The summed E-state index contributed by atoms with van der Waals surface area (Å²) in [5.74, 6) is 0.183. The summed E-state index contributed by atoms with van der Waals surface area (Å²) >= 11 is 6.13. The Hall–Kier alpha value is -1.03. The maximum Gasteiger partial charge on any atom is 0.223 e. The highest BCUT2D eigenvalue weighted by Crippen LogP contribution is 2.24. The Morgan fingerprint density at radius 1 is 1.67 bits per heavy atom. The van der Waals surface area contributed by atoms with Crippen LogP contribution >= 0.6 is 11.6 Å². The summed E-state index contributed by atoms with van der Waals surface area (Å²) in [6.45, 7) is 2.65. The molecule has 0 aromatic carbocycles. The fourth-order valence-electron chi connectivity index (χ4n) is 1.98. The minimum Gasteiger partial charge on any atom is -0.356 e. The van der Waals surface area contributed by atoms with Gasteiger partial charge in [-0.2, -0.15) is 5.10 Å². The van der Waals surface area contributed by atoms with Gasteiger partial charge in [0.2, 0.25) is 5.91 Å². The molecular weight excluding hydrogens is 214 g/mol. The van der Waals surface area contributed by atoms with Gasteiger partial charge in [-0.05, 0) is 13.3 Å². The molecule has 2 heterocycles. The van der Waals surface area contributed by atoms with E-state index in [1.807, 2.05) is 14.0 Å². The second kappa shape index (κ2) is 3.85. The lowest BCUT2D eigenvalue weighted by Gasteiger charge is -2.07. The maximum absolute atomic E-state index is 11.4. The Balaban J connectivity index is 2.20. The van der Waals surface area contributed by atoms with Crippen molar-refractivity contribution >= 4 is 17.5 Å². The van der Waals surface area contributed by atoms with Gasteiger partial charge in [0.1, 0.15) is 0 Å². The third-order valence-corrected chi connectivity index (χ3v) is 3.36. The first-order chi connectivity index (χ1) is 7.09. The molecule has 0 radical (unpaired) electrons. The Bertz CT molecular complexity index is 400. The van der Waals surface area contributed by atoms with Crippen molar-refractivity contribution in [2.45, 2.75) is 19.8 Å². The van der Waals surface area contributed by atoms with Crippen molar-refractivity contribution in [1.82, 2.24) is 15.1 Å². The average molecular weight is 228 g/mol. The van der Waals surface area contributed by atoms with Gasteiger partial charge in [0.05, 0.1) is 16.4 Å². The second-order valence-electron chi connectivity index (χ2n) is 3.95. The second-order valence-corrected chi connectivity index (χ2v) is 4.33. The molecule has 1 amide bonds. The van der Waals surface area contributed by atoms with Crippen LogP contribution in [0.15, 0.2) is 0 Å². The van der Waals surface area contributed by atoms with E-state index in [-0.39, 0.29) is 11.8 Å². The molecule has 1 aliphatic rings. The first-order valence-corrected chi connectivity index (χ1v) is 5.43. The fraction of sp³-hybridized carbons (Fsp3) is 0.600. The fourth-order valence-corrected chi connectivity index (χ4v) is 2.21. The summed E-state index contributed by atoms with van der Waals surface area (Å²) in [6.07, 6.45) is 1.57. The van der Waals surface area contributed by atoms with Crippen LogP contribution in [0.4, 0.5) is 0 Å². The van der Waals surface area contributed by atoms with Gasteiger partial charge < -0.3 is 5.32 Å². The standard InChI is InChI=1S/C10H14ClN3O/c1-6-9(11)8(14(2)13-6)5-7-3-4-12-10(7)15/h7H,3-5H2,1-2H3,(H,12,15). The van der Waals surface area contributed by atoms with Crippen molar-refractivity contribution in [1.29, 1.82) is 0 Å². The Kier molecular flexibility index (Phi) is 2.69. The zero-order valence-electron chi connectivity index (χ0n) is 8.88. The van der Waals surface area contributed by atoms with Crippen LogP contribution in [0.2, 0.25) is 5.02 Å². The highest BCUT2D eigenvalue weighted by Gasteiger charge is 2.26. The van der Waals surface area contributed by atoms with Crippen LogP contribution in [-0.2, 0) is 18.3 Å². The van der Waals surface area contributed by atoms with E-state index in [9.17, 15) is 4.79 Å². The smallest absolute Gasteiger partial charge is 0.223 e. The topological polar surface area (TPSA) is 46.9 Å². The lowest BCUT2D eigenvalue weighted by molar-refractivity contribution is -0.122. The highest BCUT2D eigenvalue weighted by atomic mass is 35.5. The van der Waals surface area contributed by atoms with Crippen molar-refractivity contribution in [3.05, 3.63) is 16.4 Å². The van der Waals surface area contributed by atoms with Crippen LogP contribution in [0.3, 0.4) is 0 Å². The van der Waals surface area contributed by atoms with Gasteiger partial charge in [0.15, 0.2) is 0 Å². The normalized spacial score (nSPS) is 20.7. The minimum absolute atomic E-state index is 0.0531. The number of rotatable bonds is 2. The number of aryl methyl sites for hydroxylation is 2. The van der Waals surface area contributed by atoms with Crippen molar-refractivity contribution in [3.63, 3.8) is 0 Å². The van der Waals surface area contributed by atoms with E-state index >= 15 is 0 Å². The van der Waals surface area contributed by atoms with Crippen LogP contribution < -0.4 is 5.32 Å². The van der Waals surface area contributed by atoms with Crippen LogP contribution in [0.25, 0.3) is 0 Å². The van der Waals surface area contributed by atoms with Gasteiger partial charge in [0, 0.05) is 25.9 Å². The van der Waals surface area contributed by atoms with Gasteiger partial charge >= 0.3 is 0 Å². The van der Waals surface area contributed by atoms with Gasteiger partial charge in [-0.25, -0.2) is 0 Å². The largest absolute Gasteiger partial charge is 0.356 e. The van der Waals surface area contributed by atoms with E-state index in [1.54, 1.807) is 4.68 Å². The first-order valence-electron chi connectivity index (χ1n) is 5.05. The SMILES string of the molecule is Cc1nn(C)c(CC2CCNC2=O)c1Cl. The Morgan fingerprint density at radius 2 is 2.40 bits per heavy atom. The zero-order chi connectivity index (χ0) is 11.0. The number of amides is 1. The molecule has 15 heavy (non-hydrogen) atoms. The number of nitrogens with one attached hydrogen (secondary N) is 1.